The Bertz CT molecular complexity index is 1880. The van der Waals surface area contributed by atoms with Crippen molar-refractivity contribution >= 4 is 29.1 Å². The van der Waals surface area contributed by atoms with Crippen molar-refractivity contribution in [3.05, 3.63) is 102 Å². The average molecular weight is 577 g/mol. The number of furan rings is 1. The summed E-state index contributed by atoms with van der Waals surface area (Å²) in [6, 6.07) is 14.1. The summed E-state index contributed by atoms with van der Waals surface area (Å²) >= 11 is 1.14. The molecule has 0 fully saturated rings. The van der Waals surface area contributed by atoms with Crippen LogP contribution in [0.5, 0.6) is 11.5 Å². The Hall–Kier alpha value is -4.97. The molecule has 0 spiro atoms. The number of benzene rings is 2. The predicted octanol–water partition coefficient (Wildman–Crippen LogP) is 3.88. The lowest BCUT2D eigenvalue weighted by molar-refractivity contribution is -0.729. The molecule has 0 bridgehead atoms. The fourth-order valence-electron chi connectivity index (χ4n) is 4.68. The summed E-state index contributed by atoms with van der Waals surface area (Å²) in [5, 5.41) is 9.46. The van der Waals surface area contributed by atoms with Gasteiger partial charge in [-0.05, 0) is 49.7 Å². The van der Waals surface area contributed by atoms with Gasteiger partial charge in [0.15, 0.2) is 16.3 Å². The topological polar surface area (TPSA) is 133 Å². The molecule has 210 valence electrons. The zero-order chi connectivity index (χ0) is 29.3. The van der Waals surface area contributed by atoms with E-state index >= 15 is 0 Å². The van der Waals surface area contributed by atoms with Gasteiger partial charge in [-0.3, -0.25) is 9.36 Å². The van der Waals surface area contributed by atoms with Crippen LogP contribution in [-0.2, 0) is 9.53 Å². The quantitative estimate of drug-likeness (QED) is 0.247. The number of thiazole rings is 1. The smallest absolute Gasteiger partial charge is 0.338 e. The second-order valence-electron chi connectivity index (χ2n) is 8.91. The largest absolute Gasteiger partial charge is 0.493 e. The number of carbonyl (C=O) groups is 1. The highest BCUT2D eigenvalue weighted by Gasteiger charge is 2.34. The molecule has 1 aliphatic rings. The molecule has 1 N–H and O–H groups in total. The van der Waals surface area contributed by atoms with Crippen LogP contribution in [0.3, 0.4) is 0 Å². The molecule has 1 atom stereocenters. The second-order valence-corrected chi connectivity index (χ2v) is 9.92. The van der Waals surface area contributed by atoms with Gasteiger partial charge < -0.3 is 18.6 Å². The van der Waals surface area contributed by atoms with Crippen LogP contribution < -0.4 is 24.4 Å². The third kappa shape index (κ3) is 5.05. The lowest BCUT2D eigenvalue weighted by atomic mass is 9.95. The first-order valence-corrected chi connectivity index (χ1v) is 13.4. The minimum atomic E-state index is -0.834. The van der Waals surface area contributed by atoms with E-state index in [-0.39, 0.29) is 28.3 Å². The van der Waals surface area contributed by atoms with E-state index in [2.05, 4.69) is 4.99 Å². The monoisotopic (exact) mass is 576 g/mol. The minimum Gasteiger partial charge on any atom is -0.493 e. The number of esters is 1. The molecule has 2 aromatic carbocycles. The van der Waals surface area contributed by atoms with Crippen LogP contribution in [0.2, 0.25) is 0 Å². The molecule has 4 aromatic rings. The van der Waals surface area contributed by atoms with Crippen molar-refractivity contribution in [3.8, 4) is 22.8 Å². The highest BCUT2D eigenvalue weighted by atomic mass is 32.1. The van der Waals surface area contributed by atoms with Crippen molar-refractivity contribution in [3.63, 3.8) is 0 Å². The van der Waals surface area contributed by atoms with E-state index in [9.17, 15) is 19.7 Å². The van der Waals surface area contributed by atoms with Crippen molar-refractivity contribution < 1.29 is 33.6 Å². The van der Waals surface area contributed by atoms with Crippen molar-refractivity contribution in [2.75, 3.05) is 20.8 Å². The molecule has 1 unspecified atom stereocenters. The molecule has 2 aromatic heterocycles. The van der Waals surface area contributed by atoms with Gasteiger partial charge in [0, 0.05) is 12.1 Å². The van der Waals surface area contributed by atoms with Crippen LogP contribution in [0.25, 0.3) is 17.4 Å². The Morgan fingerprint density at radius 2 is 1.90 bits per heavy atom. The van der Waals surface area contributed by atoms with E-state index in [4.69, 9.17) is 18.6 Å². The van der Waals surface area contributed by atoms with Gasteiger partial charge in [0.25, 0.3) is 10.5 Å². The van der Waals surface area contributed by atoms with E-state index in [0.717, 1.165) is 11.3 Å². The fraction of sp³-hybridized carbons (Fsp3) is 0.207. The molecule has 11 nitrogen and oxygen atoms in total. The molecule has 0 saturated carbocycles. The van der Waals surface area contributed by atoms with Crippen LogP contribution in [0.1, 0.15) is 31.2 Å². The molecular weight excluding hydrogens is 550 g/mol. The number of rotatable bonds is 8. The first-order chi connectivity index (χ1) is 19.8. The van der Waals surface area contributed by atoms with Gasteiger partial charge in [0.1, 0.15) is 11.5 Å². The first-order valence-electron chi connectivity index (χ1n) is 12.5. The zero-order valence-electron chi connectivity index (χ0n) is 22.6. The van der Waals surface area contributed by atoms with Crippen LogP contribution >= 0.6 is 11.3 Å². The van der Waals surface area contributed by atoms with Gasteiger partial charge in [-0.2, -0.15) is 0 Å². The number of ether oxygens (including phenoxy) is 3. The maximum absolute atomic E-state index is 13.9. The Balaban J connectivity index is 1.66. The maximum atomic E-state index is 13.9. The normalized spacial score (nSPS) is 14.8. The molecule has 0 saturated heterocycles. The van der Waals surface area contributed by atoms with Crippen molar-refractivity contribution in [2.24, 2.45) is 4.99 Å². The van der Waals surface area contributed by atoms with Crippen molar-refractivity contribution in [1.29, 1.82) is 0 Å². The number of carbonyl (C=O) groups excluding carboxylic acids is 1. The zero-order valence-corrected chi connectivity index (χ0v) is 23.4. The summed E-state index contributed by atoms with van der Waals surface area (Å²) in [5.41, 5.74) is 1.29. The molecule has 3 heterocycles. The molecule has 12 heteroatoms. The second kappa shape index (κ2) is 11.3. The highest BCUT2D eigenvalue weighted by molar-refractivity contribution is 7.07. The van der Waals surface area contributed by atoms with Gasteiger partial charge in [-0.25, -0.2) is 15.0 Å². The molecule has 41 heavy (non-hydrogen) atoms. The molecule has 0 amide bonds. The van der Waals surface area contributed by atoms with E-state index in [1.807, 2.05) is 0 Å². The van der Waals surface area contributed by atoms with Crippen LogP contribution in [-0.4, -0.2) is 41.5 Å². The number of para-hydroxylation sites is 1. The Morgan fingerprint density at radius 3 is 2.61 bits per heavy atom. The number of allylic oxidation sites excluding steroid dienone is 1. The lowest BCUT2D eigenvalue weighted by Gasteiger charge is -2.25. The number of hydrogen-bond acceptors (Lipinski definition) is 9. The summed E-state index contributed by atoms with van der Waals surface area (Å²) in [5.74, 6) is 1.04. The van der Waals surface area contributed by atoms with E-state index in [0.29, 0.717) is 49.2 Å². The first kappa shape index (κ1) is 27.6. The number of nitrogens with zero attached hydrogens (tertiary/aromatic N) is 3. The SMILES string of the molecule is CCOC(=O)C1=C(C)N=c2s/c(=C\c3ccc(-c4ccccc4[N+](=O)O)o3)c(=O)n2C1c1ccc(OC)c(OC)c1. The predicted molar refractivity (Wildman–Crippen MR) is 149 cm³/mol. The standard InChI is InChI=1S/C29H26N3O8S/c1-5-39-28(34)25-16(2)30-29-31(26(25)17-10-12-22(37-3)23(14-17)38-4)27(33)24(41-29)15-18-11-13-21(40-18)19-8-6-7-9-20(19)32(35)36/h6-15,26H,5H2,1-4H3,(H,35,36)/q+1/b24-15-. The van der Waals surface area contributed by atoms with Gasteiger partial charge in [-0.1, -0.05) is 29.5 Å². The summed E-state index contributed by atoms with van der Waals surface area (Å²) in [7, 11) is 3.03. The van der Waals surface area contributed by atoms with Crippen molar-refractivity contribution in [1.82, 2.24) is 4.57 Å². The maximum Gasteiger partial charge on any atom is 0.338 e. The van der Waals surface area contributed by atoms with Crippen LogP contribution in [0.4, 0.5) is 5.69 Å². The summed E-state index contributed by atoms with van der Waals surface area (Å²) in [6.45, 7) is 3.57. The third-order valence-corrected chi connectivity index (χ3v) is 7.50. The van der Waals surface area contributed by atoms with Crippen molar-refractivity contribution in [2.45, 2.75) is 19.9 Å². The van der Waals surface area contributed by atoms with E-state index in [1.165, 1.54) is 24.9 Å². The van der Waals surface area contributed by atoms with Gasteiger partial charge in [-0.15, -0.1) is 0 Å². The van der Waals surface area contributed by atoms with E-state index in [1.54, 1.807) is 68.5 Å². The summed E-state index contributed by atoms with van der Waals surface area (Å²) in [4.78, 5) is 43.3. The van der Waals surface area contributed by atoms with E-state index < -0.39 is 12.0 Å². The summed E-state index contributed by atoms with van der Waals surface area (Å²) in [6.07, 6.45) is 1.57. The average Bonchev–Trinajstić information content (AvgIpc) is 3.56. The highest BCUT2D eigenvalue weighted by Crippen LogP contribution is 2.36. The molecule has 0 aliphatic carbocycles. The van der Waals surface area contributed by atoms with Gasteiger partial charge >= 0.3 is 11.7 Å². The van der Waals surface area contributed by atoms with Gasteiger partial charge in [0.05, 0.1) is 53.1 Å². The summed E-state index contributed by atoms with van der Waals surface area (Å²) < 4.78 is 23.9. The van der Waals surface area contributed by atoms with Gasteiger partial charge in [0.2, 0.25) is 0 Å². The third-order valence-electron chi connectivity index (χ3n) is 6.52. The minimum absolute atomic E-state index is 0.0182. The lowest BCUT2D eigenvalue weighted by Crippen LogP contribution is -2.39. The molecule has 5 rings (SSSR count). The Labute approximate surface area is 237 Å². The number of aromatic nitrogens is 1. The Morgan fingerprint density at radius 1 is 1.15 bits per heavy atom. The fourth-order valence-corrected chi connectivity index (χ4v) is 5.71. The molecular formula is C29H26N3O8S+. The number of hydrogen-bond donors (Lipinski definition) is 1. The Kier molecular flexibility index (Phi) is 7.58. The number of methoxy groups -OCH3 is 2. The molecule has 1 aliphatic heterocycles. The van der Waals surface area contributed by atoms with Crippen LogP contribution in [0, 0.1) is 4.91 Å². The van der Waals surface area contributed by atoms with Crippen LogP contribution in [0.15, 0.2) is 80.1 Å². The molecule has 0 radical (unpaired) electrons. The number of fused-ring (bicyclic) bond motifs is 1.